The average Bonchev–Trinajstić information content (AvgIpc) is 3.14. The minimum atomic E-state index is -0.459. The van der Waals surface area contributed by atoms with Crippen LogP contribution in [0.2, 0.25) is 0 Å². The molecule has 2 amide bonds. The second-order valence-electron chi connectivity index (χ2n) is 6.54. The maximum absolute atomic E-state index is 12.5. The van der Waals surface area contributed by atoms with E-state index in [1.54, 1.807) is 13.1 Å². The van der Waals surface area contributed by atoms with Crippen molar-refractivity contribution in [1.82, 2.24) is 14.8 Å². The van der Waals surface area contributed by atoms with Crippen LogP contribution in [0.1, 0.15) is 23.8 Å². The van der Waals surface area contributed by atoms with E-state index in [-0.39, 0.29) is 11.8 Å². The number of anilines is 1. The summed E-state index contributed by atoms with van der Waals surface area (Å²) in [6.07, 6.45) is 2.70. The molecule has 0 aliphatic carbocycles. The number of amides is 2. The van der Waals surface area contributed by atoms with Gasteiger partial charge in [0.15, 0.2) is 0 Å². The summed E-state index contributed by atoms with van der Waals surface area (Å²) in [5.74, 6) is -0.203. The van der Waals surface area contributed by atoms with Gasteiger partial charge in [-0.15, -0.1) is 0 Å². The molecule has 0 saturated carbocycles. The number of likely N-dealkylation sites (N-methyl/N-ethyl adjacent to an activating group) is 1. The van der Waals surface area contributed by atoms with Crippen LogP contribution in [-0.2, 0) is 11.3 Å². The third-order valence-corrected chi connectivity index (χ3v) is 4.92. The average molecular weight is 354 g/mol. The normalized spacial score (nSPS) is 16.3. The van der Waals surface area contributed by atoms with Gasteiger partial charge in [-0.1, -0.05) is 18.2 Å². The Labute approximate surface area is 154 Å². The molecule has 1 atom stereocenters. The Hall–Kier alpha value is -2.76. The van der Waals surface area contributed by atoms with E-state index >= 15 is 0 Å². The Bertz CT molecular complexity index is 756. The van der Waals surface area contributed by atoms with Gasteiger partial charge in [0.05, 0.1) is 6.54 Å². The third-order valence-electron chi connectivity index (χ3n) is 4.92. The Morgan fingerprint density at radius 2 is 2.00 bits per heavy atom. The lowest BCUT2D eigenvalue weighted by Crippen LogP contribution is -2.53. The lowest BCUT2D eigenvalue weighted by Gasteiger charge is -2.32. The highest BCUT2D eigenvalue weighted by Crippen LogP contribution is 2.17. The molecule has 2 heterocycles. The SMILES string of the molecule is CCN(CCCNC(=O)C1Cn2cccc2C(=O)N1C)c1ccccc1. The van der Waals surface area contributed by atoms with Gasteiger partial charge in [-0.3, -0.25) is 9.59 Å². The first kappa shape index (κ1) is 18.0. The second-order valence-corrected chi connectivity index (χ2v) is 6.54. The molecule has 1 unspecified atom stereocenters. The van der Waals surface area contributed by atoms with Crippen molar-refractivity contribution in [3.05, 3.63) is 54.4 Å². The zero-order valence-electron chi connectivity index (χ0n) is 15.4. The molecular formula is C20H26N4O2. The molecule has 0 saturated heterocycles. The van der Waals surface area contributed by atoms with E-state index in [9.17, 15) is 9.59 Å². The van der Waals surface area contributed by atoms with Crippen molar-refractivity contribution in [2.24, 2.45) is 0 Å². The van der Waals surface area contributed by atoms with Crippen LogP contribution >= 0.6 is 0 Å². The van der Waals surface area contributed by atoms with E-state index in [4.69, 9.17) is 0 Å². The molecule has 0 fully saturated rings. The number of benzene rings is 1. The summed E-state index contributed by atoms with van der Waals surface area (Å²) in [5.41, 5.74) is 1.83. The zero-order chi connectivity index (χ0) is 18.5. The molecular weight excluding hydrogens is 328 g/mol. The van der Waals surface area contributed by atoms with Crippen LogP contribution in [0.4, 0.5) is 5.69 Å². The van der Waals surface area contributed by atoms with Crippen molar-refractivity contribution in [3.63, 3.8) is 0 Å². The Balaban J connectivity index is 1.49. The topological polar surface area (TPSA) is 57.6 Å². The monoisotopic (exact) mass is 354 g/mol. The quantitative estimate of drug-likeness (QED) is 0.774. The van der Waals surface area contributed by atoms with Crippen LogP contribution in [0.3, 0.4) is 0 Å². The highest BCUT2D eigenvalue weighted by molar-refractivity contribution is 5.97. The summed E-state index contributed by atoms with van der Waals surface area (Å²) in [4.78, 5) is 28.7. The Kier molecular flexibility index (Phi) is 5.61. The molecule has 0 radical (unpaired) electrons. The Morgan fingerprint density at radius 1 is 1.23 bits per heavy atom. The van der Waals surface area contributed by atoms with E-state index in [0.717, 1.165) is 19.5 Å². The molecule has 1 aromatic heterocycles. The van der Waals surface area contributed by atoms with Gasteiger partial charge in [0.25, 0.3) is 5.91 Å². The number of nitrogens with one attached hydrogen (secondary N) is 1. The third kappa shape index (κ3) is 3.74. The van der Waals surface area contributed by atoms with Crippen LogP contribution in [0.25, 0.3) is 0 Å². The largest absolute Gasteiger partial charge is 0.372 e. The van der Waals surface area contributed by atoms with Crippen molar-refractivity contribution in [1.29, 1.82) is 0 Å². The molecule has 2 aromatic rings. The number of carbonyl (C=O) groups excluding carboxylic acids is 2. The van der Waals surface area contributed by atoms with E-state index in [1.807, 2.05) is 35.0 Å². The molecule has 26 heavy (non-hydrogen) atoms. The van der Waals surface area contributed by atoms with Crippen molar-refractivity contribution in [2.75, 3.05) is 31.6 Å². The maximum atomic E-state index is 12.5. The lowest BCUT2D eigenvalue weighted by atomic mass is 10.1. The first-order valence-electron chi connectivity index (χ1n) is 9.11. The molecule has 0 spiro atoms. The minimum absolute atomic E-state index is 0.0945. The molecule has 1 N–H and O–H groups in total. The van der Waals surface area contributed by atoms with Crippen LogP contribution in [-0.4, -0.2) is 54.0 Å². The van der Waals surface area contributed by atoms with Crippen molar-refractivity contribution in [3.8, 4) is 0 Å². The number of rotatable bonds is 7. The standard InChI is InChI=1S/C20H26N4O2/c1-3-23(16-9-5-4-6-10-16)14-8-12-21-19(25)18-15-24-13-7-11-17(24)20(26)22(18)2/h4-7,9-11,13,18H,3,8,12,14-15H2,1-2H3,(H,21,25). The van der Waals surface area contributed by atoms with Crippen molar-refractivity contribution in [2.45, 2.75) is 25.9 Å². The molecule has 3 rings (SSSR count). The van der Waals surface area contributed by atoms with Gasteiger partial charge in [0.1, 0.15) is 11.7 Å². The number of aromatic nitrogens is 1. The van der Waals surface area contributed by atoms with Crippen LogP contribution in [0.15, 0.2) is 48.7 Å². The van der Waals surface area contributed by atoms with Gasteiger partial charge in [-0.2, -0.15) is 0 Å². The predicted octanol–water partition coefficient (Wildman–Crippen LogP) is 1.98. The van der Waals surface area contributed by atoms with Gasteiger partial charge in [-0.05, 0) is 37.6 Å². The summed E-state index contributed by atoms with van der Waals surface area (Å²) in [6.45, 7) is 5.03. The molecule has 1 aliphatic rings. The maximum Gasteiger partial charge on any atom is 0.270 e. The highest BCUT2D eigenvalue weighted by Gasteiger charge is 2.33. The fraction of sp³-hybridized carbons (Fsp3) is 0.400. The fourth-order valence-corrected chi connectivity index (χ4v) is 3.37. The van der Waals surface area contributed by atoms with Crippen LogP contribution < -0.4 is 10.2 Å². The van der Waals surface area contributed by atoms with E-state index in [1.165, 1.54) is 10.6 Å². The predicted molar refractivity (Wildman–Crippen MR) is 102 cm³/mol. The van der Waals surface area contributed by atoms with E-state index in [2.05, 4.69) is 29.3 Å². The van der Waals surface area contributed by atoms with Gasteiger partial charge in [-0.25, -0.2) is 0 Å². The summed E-state index contributed by atoms with van der Waals surface area (Å²) < 4.78 is 1.85. The van der Waals surface area contributed by atoms with Gasteiger partial charge in [0.2, 0.25) is 5.91 Å². The van der Waals surface area contributed by atoms with Crippen molar-refractivity contribution >= 4 is 17.5 Å². The first-order chi connectivity index (χ1) is 12.6. The number of fused-ring (bicyclic) bond motifs is 1. The van der Waals surface area contributed by atoms with Gasteiger partial charge < -0.3 is 19.7 Å². The first-order valence-corrected chi connectivity index (χ1v) is 9.11. The fourth-order valence-electron chi connectivity index (χ4n) is 3.37. The van der Waals surface area contributed by atoms with Crippen LogP contribution in [0, 0.1) is 0 Å². The van der Waals surface area contributed by atoms with Crippen LogP contribution in [0.5, 0.6) is 0 Å². The summed E-state index contributed by atoms with van der Waals surface area (Å²) in [5, 5.41) is 2.98. The number of para-hydroxylation sites is 1. The number of nitrogens with zero attached hydrogens (tertiary/aromatic N) is 3. The minimum Gasteiger partial charge on any atom is -0.372 e. The number of carbonyl (C=O) groups is 2. The summed E-state index contributed by atoms with van der Waals surface area (Å²) in [7, 11) is 1.69. The molecule has 6 heteroatoms. The van der Waals surface area contributed by atoms with Crippen molar-refractivity contribution < 1.29 is 9.59 Å². The van der Waals surface area contributed by atoms with E-state index in [0.29, 0.717) is 18.8 Å². The smallest absolute Gasteiger partial charge is 0.270 e. The highest BCUT2D eigenvalue weighted by atomic mass is 16.2. The molecule has 6 nitrogen and oxygen atoms in total. The Morgan fingerprint density at radius 3 is 2.73 bits per heavy atom. The number of hydrogen-bond acceptors (Lipinski definition) is 3. The second kappa shape index (κ2) is 8.08. The molecule has 0 bridgehead atoms. The van der Waals surface area contributed by atoms with Gasteiger partial charge in [0, 0.05) is 38.6 Å². The molecule has 1 aromatic carbocycles. The summed E-state index contributed by atoms with van der Waals surface area (Å²) in [6, 6.07) is 13.4. The van der Waals surface area contributed by atoms with E-state index < -0.39 is 6.04 Å². The molecule has 138 valence electrons. The zero-order valence-corrected chi connectivity index (χ0v) is 15.4. The lowest BCUT2D eigenvalue weighted by molar-refractivity contribution is -0.126. The molecule has 1 aliphatic heterocycles. The summed E-state index contributed by atoms with van der Waals surface area (Å²) >= 11 is 0. The van der Waals surface area contributed by atoms with Gasteiger partial charge >= 0.3 is 0 Å². The number of hydrogen-bond donors (Lipinski definition) is 1.